The SMILES string of the molecule is CN1CC(CN2CC3(C2)CN(c2cc(-n4ncc5ccc(C6(C#N)CC7(CC7)C6)cc54)ncn2)C3)C1. The van der Waals surface area contributed by atoms with Crippen LogP contribution in [0.3, 0.4) is 0 Å². The Morgan fingerprint density at radius 1 is 1.00 bits per heavy atom. The second-order valence-electron chi connectivity index (χ2n) is 12.7. The molecular weight excluding hydrogens is 448 g/mol. The van der Waals surface area contributed by atoms with Crippen LogP contribution in [0.1, 0.15) is 31.2 Å². The number of aromatic nitrogens is 4. The Labute approximate surface area is 211 Å². The molecule has 3 aliphatic heterocycles. The minimum absolute atomic E-state index is 0.339. The van der Waals surface area contributed by atoms with E-state index in [0.29, 0.717) is 10.8 Å². The molecule has 0 atom stereocenters. The average molecular weight is 481 g/mol. The number of anilines is 1. The normalized spacial score (nSPS) is 25.7. The molecule has 184 valence electrons. The van der Waals surface area contributed by atoms with Crippen LogP contribution >= 0.6 is 0 Å². The zero-order valence-corrected chi connectivity index (χ0v) is 20.9. The molecule has 3 saturated heterocycles. The molecule has 5 fully saturated rings. The first-order chi connectivity index (χ1) is 17.5. The Morgan fingerprint density at radius 3 is 2.50 bits per heavy atom. The Balaban J connectivity index is 0.993. The Hall–Kier alpha value is -3.02. The van der Waals surface area contributed by atoms with Crippen LogP contribution in [-0.4, -0.2) is 82.4 Å². The van der Waals surface area contributed by atoms with Gasteiger partial charge in [0.1, 0.15) is 12.1 Å². The van der Waals surface area contributed by atoms with E-state index in [1.807, 2.05) is 10.9 Å². The number of hydrogen-bond donors (Lipinski definition) is 0. The predicted molar refractivity (Wildman–Crippen MR) is 137 cm³/mol. The highest BCUT2D eigenvalue weighted by molar-refractivity contribution is 5.81. The van der Waals surface area contributed by atoms with Gasteiger partial charge in [0.2, 0.25) is 0 Å². The molecule has 0 unspecified atom stereocenters. The summed E-state index contributed by atoms with van der Waals surface area (Å²) >= 11 is 0. The van der Waals surface area contributed by atoms with E-state index >= 15 is 0 Å². The second kappa shape index (κ2) is 7.05. The van der Waals surface area contributed by atoms with Crippen molar-refractivity contribution >= 4 is 16.7 Å². The Kier molecular flexibility index (Phi) is 4.13. The molecular formula is C28H32N8. The van der Waals surface area contributed by atoms with Gasteiger partial charge in [-0.2, -0.15) is 10.4 Å². The molecule has 5 aliphatic rings. The van der Waals surface area contributed by atoms with E-state index in [9.17, 15) is 5.26 Å². The largest absolute Gasteiger partial charge is 0.355 e. The van der Waals surface area contributed by atoms with Gasteiger partial charge in [-0.3, -0.25) is 0 Å². The minimum atomic E-state index is -0.339. The number of benzene rings is 1. The van der Waals surface area contributed by atoms with E-state index in [2.05, 4.69) is 67.1 Å². The first-order valence-electron chi connectivity index (χ1n) is 13.3. The van der Waals surface area contributed by atoms with Gasteiger partial charge in [0.05, 0.1) is 23.2 Å². The molecule has 2 aromatic heterocycles. The molecule has 3 aromatic rings. The number of nitriles is 1. The molecule has 36 heavy (non-hydrogen) atoms. The summed E-state index contributed by atoms with van der Waals surface area (Å²) in [7, 11) is 2.21. The molecule has 5 heterocycles. The summed E-state index contributed by atoms with van der Waals surface area (Å²) in [6.45, 7) is 8.34. The van der Waals surface area contributed by atoms with E-state index in [4.69, 9.17) is 0 Å². The molecule has 1 aromatic carbocycles. The van der Waals surface area contributed by atoms with E-state index in [1.54, 1.807) is 6.33 Å². The average Bonchev–Trinajstić information content (AvgIpc) is 3.47. The van der Waals surface area contributed by atoms with E-state index in [-0.39, 0.29) is 5.41 Å². The maximum absolute atomic E-state index is 10.0. The number of hydrogen-bond acceptors (Lipinski definition) is 7. The van der Waals surface area contributed by atoms with Crippen LogP contribution < -0.4 is 4.90 Å². The lowest BCUT2D eigenvalue weighted by molar-refractivity contribution is -0.0463. The molecule has 8 rings (SSSR count). The lowest BCUT2D eigenvalue weighted by Crippen LogP contribution is -2.73. The van der Waals surface area contributed by atoms with Crippen molar-refractivity contribution in [1.82, 2.24) is 29.5 Å². The third kappa shape index (κ3) is 3.09. The molecule has 0 radical (unpaired) electrons. The molecule has 8 nitrogen and oxygen atoms in total. The molecule has 2 spiro atoms. The van der Waals surface area contributed by atoms with Crippen molar-refractivity contribution in [3.8, 4) is 11.9 Å². The molecule has 0 amide bonds. The third-order valence-electron chi connectivity index (χ3n) is 9.65. The summed E-state index contributed by atoms with van der Waals surface area (Å²) < 4.78 is 1.91. The van der Waals surface area contributed by atoms with Crippen molar-refractivity contribution in [2.24, 2.45) is 16.7 Å². The zero-order chi connectivity index (χ0) is 24.1. The van der Waals surface area contributed by atoms with E-state index in [0.717, 1.165) is 60.0 Å². The van der Waals surface area contributed by atoms with Gasteiger partial charge in [-0.1, -0.05) is 12.1 Å². The van der Waals surface area contributed by atoms with Crippen LogP contribution in [0.2, 0.25) is 0 Å². The minimum Gasteiger partial charge on any atom is -0.355 e. The van der Waals surface area contributed by atoms with Crippen molar-refractivity contribution in [1.29, 1.82) is 5.26 Å². The Bertz CT molecular complexity index is 1390. The third-order valence-corrected chi connectivity index (χ3v) is 9.65. The first kappa shape index (κ1) is 21.1. The standard InChI is InChI=1S/C28H32N8/c1-33-9-20(10-33)11-34-15-27(16-34)17-35(18-27)24-7-25(31-19-30-24)36-23-6-22(3-2-21(23)8-32-36)28(14-29)12-26(13-28)4-5-26/h2-3,6-8,19-20H,4-5,9-13,15-18H2,1H3. The quantitative estimate of drug-likeness (QED) is 0.556. The fourth-order valence-corrected chi connectivity index (χ4v) is 7.70. The topological polar surface area (TPSA) is 77.1 Å². The summed E-state index contributed by atoms with van der Waals surface area (Å²) in [5.74, 6) is 2.63. The summed E-state index contributed by atoms with van der Waals surface area (Å²) in [5, 5.41) is 15.8. The van der Waals surface area contributed by atoms with Gasteiger partial charge in [0, 0.05) is 62.7 Å². The molecule has 2 aliphatic carbocycles. The van der Waals surface area contributed by atoms with E-state index in [1.165, 1.54) is 45.6 Å². The highest BCUT2D eigenvalue weighted by Gasteiger charge is 2.62. The maximum Gasteiger partial charge on any atom is 0.159 e. The predicted octanol–water partition coefficient (Wildman–Crippen LogP) is 2.83. The van der Waals surface area contributed by atoms with Crippen molar-refractivity contribution in [2.45, 2.75) is 31.1 Å². The van der Waals surface area contributed by atoms with Gasteiger partial charge in [-0.05, 0) is 55.7 Å². The summed E-state index contributed by atoms with van der Waals surface area (Å²) in [6.07, 6.45) is 8.12. The lowest BCUT2D eigenvalue weighted by atomic mass is 9.57. The summed E-state index contributed by atoms with van der Waals surface area (Å²) in [5.41, 5.74) is 2.71. The van der Waals surface area contributed by atoms with Gasteiger partial charge in [-0.25, -0.2) is 14.6 Å². The number of fused-ring (bicyclic) bond motifs is 1. The molecule has 0 N–H and O–H groups in total. The fraction of sp³-hybridized carbons (Fsp3) is 0.571. The first-order valence-corrected chi connectivity index (χ1v) is 13.3. The van der Waals surface area contributed by atoms with E-state index < -0.39 is 0 Å². The number of likely N-dealkylation sites (tertiary alicyclic amines) is 2. The van der Waals surface area contributed by atoms with Crippen molar-refractivity contribution < 1.29 is 0 Å². The number of rotatable bonds is 5. The van der Waals surface area contributed by atoms with Gasteiger partial charge in [0.15, 0.2) is 5.82 Å². The fourth-order valence-electron chi connectivity index (χ4n) is 7.70. The van der Waals surface area contributed by atoms with Crippen LogP contribution in [0.5, 0.6) is 0 Å². The molecule has 2 saturated carbocycles. The maximum atomic E-state index is 10.0. The smallest absolute Gasteiger partial charge is 0.159 e. The number of nitrogens with zero attached hydrogens (tertiary/aromatic N) is 8. The monoisotopic (exact) mass is 480 g/mol. The van der Waals surface area contributed by atoms with Crippen molar-refractivity contribution in [3.63, 3.8) is 0 Å². The molecule has 8 heteroatoms. The highest BCUT2D eigenvalue weighted by Crippen LogP contribution is 2.68. The Morgan fingerprint density at radius 2 is 1.78 bits per heavy atom. The lowest BCUT2D eigenvalue weighted by Gasteiger charge is -2.61. The van der Waals surface area contributed by atoms with Crippen LogP contribution in [0.4, 0.5) is 5.82 Å². The van der Waals surface area contributed by atoms with Gasteiger partial charge in [0.25, 0.3) is 0 Å². The van der Waals surface area contributed by atoms with Crippen LogP contribution in [0, 0.1) is 28.1 Å². The van der Waals surface area contributed by atoms with Gasteiger partial charge >= 0.3 is 0 Å². The summed E-state index contributed by atoms with van der Waals surface area (Å²) in [6, 6.07) is 11.1. The van der Waals surface area contributed by atoms with Crippen LogP contribution in [-0.2, 0) is 5.41 Å². The summed E-state index contributed by atoms with van der Waals surface area (Å²) in [4.78, 5) is 16.6. The van der Waals surface area contributed by atoms with Crippen LogP contribution in [0.15, 0.2) is 36.8 Å². The van der Waals surface area contributed by atoms with Crippen molar-refractivity contribution in [3.05, 3.63) is 42.4 Å². The van der Waals surface area contributed by atoms with Crippen molar-refractivity contribution in [2.75, 3.05) is 57.8 Å². The highest BCUT2D eigenvalue weighted by atomic mass is 15.4. The van der Waals surface area contributed by atoms with Gasteiger partial charge < -0.3 is 14.7 Å². The molecule has 0 bridgehead atoms. The second-order valence-corrected chi connectivity index (χ2v) is 12.7. The van der Waals surface area contributed by atoms with Gasteiger partial charge in [-0.15, -0.1) is 0 Å². The van der Waals surface area contributed by atoms with Crippen LogP contribution in [0.25, 0.3) is 16.7 Å². The zero-order valence-electron chi connectivity index (χ0n) is 20.9.